The van der Waals surface area contributed by atoms with Crippen molar-refractivity contribution in [3.8, 4) is 0 Å². The molecule has 0 bridgehead atoms. The van der Waals surface area contributed by atoms with E-state index in [1.807, 2.05) is 59.5 Å². The third-order valence-corrected chi connectivity index (χ3v) is 18.9. The quantitative estimate of drug-likeness (QED) is 0.0322. The number of hydrogen-bond acceptors (Lipinski definition) is 13. The minimum absolute atomic E-state index is 0.0776. The molecule has 0 heterocycles. The Bertz CT molecular complexity index is 2200. The maximum Gasteiger partial charge on any atom is 0.508 e. The number of amides is 1. The predicted molar refractivity (Wildman–Crippen MR) is 402 cm³/mol. The highest BCUT2D eigenvalue weighted by Crippen LogP contribution is 2.40. The van der Waals surface area contributed by atoms with Gasteiger partial charge in [0.25, 0.3) is 5.91 Å². The van der Waals surface area contributed by atoms with Crippen LogP contribution in [0.2, 0.25) is 0 Å². The largest absolute Gasteiger partial charge is 0.508 e. The molecule has 3 rings (SSSR count). The molecule has 1 N–H and O–H groups in total. The molecule has 3 atom stereocenters. The first-order valence-corrected chi connectivity index (χ1v) is 40.0. The third-order valence-electron chi connectivity index (χ3n) is 18.9. The van der Waals surface area contributed by atoms with Crippen molar-refractivity contribution in [3.63, 3.8) is 0 Å². The lowest BCUT2D eigenvalue weighted by Gasteiger charge is -2.36. The highest BCUT2D eigenvalue weighted by atomic mass is 16.7. The monoisotopic (exact) mass is 1390 g/mol. The van der Waals surface area contributed by atoms with Crippen LogP contribution in [0.5, 0.6) is 0 Å². The molecule has 1 amide bonds. The zero-order valence-corrected chi connectivity index (χ0v) is 63.2. The molecular weight excluding hydrogens is 1250 g/mol. The Morgan fingerprint density at radius 1 is 0.384 bits per heavy atom. The van der Waals surface area contributed by atoms with E-state index in [1.165, 1.54) is 89.9 Å². The van der Waals surface area contributed by atoms with Crippen molar-refractivity contribution in [2.75, 3.05) is 99.0 Å². The van der Waals surface area contributed by atoms with Crippen molar-refractivity contribution in [3.05, 3.63) is 108 Å². The molecule has 0 aliphatic heterocycles. The molecule has 0 saturated carbocycles. The van der Waals surface area contributed by atoms with E-state index in [0.717, 1.165) is 177 Å². The fraction of sp³-hybridized carbons (Fsp3) is 0.750. The molecule has 3 unspecified atom stereocenters. The van der Waals surface area contributed by atoms with Crippen LogP contribution in [0.1, 0.15) is 302 Å². The zero-order chi connectivity index (χ0) is 71.1. The Hall–Kier alpha value is -4.61. The van der Waals surface area contributed by atoms with Gasteiger partial charge in [0.2, 0.25) is 0 Å². The number of ether oxygens (including phenoxy) is 10. The number of benzene rings is 3. The van der Waals surface area contributed by atoms with Crippen molar-refractivity contribution in [1.82, 2.24) is 4.90 Å². The first-order valence-electron chi connectivity index (χ1n) is 40.0. The van der Waals surface area contributed by atoms with Gasteiger partial charge < -0.3 is 57.4 Å². The average Bonchev–Trinajstić information content (AvgIpc) is 0.761. The fourth-order valence-corrected chi connectivity index (χ4v) is 13.1. The van der Waals surface area contributed by atoms with Crippen LogP contribution in [0.15, 0.2) is 91.0 Å². The summed E-state index contributed by atoms with van der Waals surface area (Å²) < 4.78 is 60.7. The molecule has 566 valence electrons. The molecule has 0 aliphatic rings. The lowest BCUT2D eigenvalue weighted by Crippen LogP contribution is -2.45. The molecule has 99 heavy (non-hydrogen) atoms. The Morgan fingerprint density at radius 2 is 0.758 bits per heavy atom. The highest BCUT2D eigenvalue weighted by molar-refractivity contribution is 5.81. The van der Waals surface area contributed by atoms with Crippen LogP contribution >= 0.6 is 0 Å². The highest BCUT2D eigenvalue weighted by Gasteiger charge is 2.38. The summed E-state index contributed by atoms with van der Waals surface area (Å²) in [6.07, 6.45) is 38.1. The fourth-order valence-electron chi connectivity index (χ4n) is 13.1. The molecule has 3 aromatic carbocycles. The molecule has 0 saturated heterocycles. The molecule has 0 spiro atoms. The van der Waals surface area contributed by atoms with E-state index < -0.39 is 29.6 Å². The van der Waals surface area contributed by atoms with Crippen molar-refractivity contribution in [2.45, 2.75) is 308 Å². The molecule has 0 aromatic heterocycles. The molecule has 0 aliphatic carbocycles. The minimum Gasteiger partial charge on any atom is -0.450 e. The van der Waals surface area contributed by atoms with Crippen LogP contribution in [-0.2, 0) is 57.8 Å². The van der Waals surface area contributed by atoms with Gasteiger partial charge in [-0.15, -0.1) is 0 Å². The molecule has 15 nitrogen and oxygen atoms in total. The summed E-state index contributed by atoms with van der Waals surface area (Å²) in [5.41, 5.74) is 1.71. The van der Waals surface area contributed by atoms with E-state index in [4.69, 9.17) is 47.4 Å². The van der Waals surface area contributed by atoms with Gasteiger partial charge in [0.1, 0.15) is 17.3 Å². The van der Waals surface area contributed by atoms with Gasteiger partial charge in [-0.2, -0.15) is 0 Å². The number of nitrogens with zero attached hydrogens (tertiary/aromatic N) is 1. The second kappa shape index (κ2) is 62.0. The number of carbonyl (C=O) groups is 3. The summed E-state index contributed by atoms with van der Waals surface area (Å²) in [7, 11) is 0. The van der Waals surface area contributed by atoms with Gasteiger partial charge >= 0.3 is 12.3 Å². The predicted octanol–water partition coefficient (Wildman–Crippen LogP) is 21.6. The van der Waals surface area contributed by atoms with E-state index in [-0.39, 0.29) is 18.6 Å². The van der Waals surface area contributed by atoms with E-state index >= 15 is 0 Å². The van der Waals surface area contributed by atoms with Crippen molar-refractivity contribution in [2.24, 2.45) is 0 Å². The maximum absolute atomic E-state index is 14.7. The van der Waals surface area contributed by atoms with E-state index in [9.17, 15) is 19.5 Å². The van der Waals surface area contributed by atoms with E-state index in [1.54, 1.807) is 0 Å². The van der Waals surface area contributed by atoms with Gasteiger partial charge in [-0.1, -0.05) is 280 Å². The molecule has 3 aromatic rings. The minimum atomic E-state index is -1.17. The van der Waals surface area contributed by atoms with Crippen LogP contribution in [-0.4, -0.2) is 145 Å². The van der Waals surface area contributed by atoms with E-state index in [0.29, 0.717) is 92.4 Å². The Kier molecular flexibility index (Phi) is 55.5. The molecular formula is C84H141NO14. The third kappa shape index (κ3) is 43.2. The summed E-state index contributed by atoms with van der Waals surface area (Å²) >= 11 is 0. The zero-order valence-electron chi connectivity index (χ0n) is 63.2. The first kappa shape index (κ1) is 88.6. The van der Waals surface area contributed by atoms with Crippen LogP contribution in [0.4, 0.5) is 9.59 Å². The molecule has 15 heteroatoms. The standard InChI is InChI=1S/C84H141NO14/c1-6-11-16-21-24-41-56-78(55-40-19-14-9-4)98-82(89)96-64-48-30-29-46-62-94-74-79(95-63-47-28-26-44-59-83(99-81(87)88,57-42-20-15-10-5)58-43-25-22-17-12-7-2)80(86)85(60-45-27-23-18-13-8-3)61-65-90-66-67-91-68-69-92-70-71-93-72-73-97-84(75-49-34-31-35-50-75,76-51-36-32-37-52-76)77-53-38-33-39-54-77/h31-39,49-54,78-79H,6-30,40-48,55-74H2,1-5H3,(H,87,88). The van der Waals surface area contributed by atoms with Gasteiger partial charge in [0.15, 0.2) is 6.10 Å². The van der Waals surface area contributed by atoms with Crippen molar-refractivity contribution < 1.29 is 66.9 Å². The topological polar surface area (TPSA) is 167 Å². The Labute approximate surface area is 602 Å². The van der Waals surface area contributed by atoms with Gasteiger partial charge in [0, 0.05) is 26.3 Å². The van der Waals surface area contributed by atoms with Gasteiger partial charge in [0.05, 0.1) is 72.7 Å². The lowest BCUT2D eigenvalue weighted by atomic mass is 9.80. The molecule has 0 fully saturated rings. The van der Waals surface area contributed by atoms with Crippen LogP contribution < -0.4 is 0 Å². The van der Waals surface area contributed by atoms with Gasteiger partial charge in [-0.25, -0.2) is 9.59 Å². The second-order valence-electron chi connectivity index (χ2n) is 27.3. The molecule has 0 radical (unpaired) electrons. The maximum atomic E-state index is 14.7. The summed E-state index contributed by atoms with van der Waals surface area (Å²) in [5.74, 6) is -0.0793. The summed E-state index contributed by atoms with van der Waals surface area (Å²) in [5, 5.41) is 9.96. The first-order chi connectivity index (χ1) is 48.7. The summed E-state index contributed by atoms with van der Waals surface area (Å²) in [6.45, 7) is 17.2. The number of hydrogen-bond donors (Lipinski definition) is 1. The normalized spacial score (nSPS) is 12.9. The Morgan fingerprint density at radius 3 is 1.22 bits per heavy atom. The van der Waals surface area contributed by atoms with Crippen LogP contribution in [0.3, 0.4) is 0 Å². The number of rotatable bonds is 70. The van der Waals surface area contributed by atoms with Crippen LogP contribution in [0.25, 0.3) is 0 Å². The second-order valence-corrected chi connectivity index (χ2v) is 27.3. The Balaban J connectivity index is 1.53. The van der Waals surface area contributed by atoms with Crippen molar-refractivity contribution >= 4 is 18.2 Å². The van der Waals surface area contributed by atoms with Gasteiger partial charge in [-0.3, -0.25) is 4.79 Å². The lowest BCUT2D eigenvalue weighted by molar-refractivity contribution is -0.149. The number of carboxylic acid groups (broad SMARTS) is 1. The smallest absolute Gasteiger partial charge is 0.450 e. The SMILES string of the molecule is CCCCCCCCC(CCCCCC)OC(=O)OCCCCCCOCC(OCCCCCCC(CCCCCC)(CCCCCCCC)OC(=O)O)C(=O)N(CCCCCCCC)CCOCCOCCOCCOCCOC(c1ccccc1)(c1ccccc1)c1ccccc1. The van der Waals surface area contributed by atoms with Crippen molar-refractivity contribution in [1.29, 1.82) is 0 Å². The van der Waals surface area contributed by atoms with Gasteiger partial charge in [-0.05, 0) is 113 Å². The average molecular weight is 1390 g/mol. The summed E-state index contributed by atoms with van der Waals surface area (Å²) in [4.78, 5) is 41.5. The van der Waals surface area contributed by atoms with Crippen LogP contribution in [0, 0.1) is 0 Å². The summed E-state index contributed by atoms with van der Waals surface area (Å²) in [6, 6.07) is 31.0. The van der Waals surface area contributed by atoms with E-state index in [2.05, 4.69) is 71.0 Å². The number of unbranched alkanes of at least 4 members (excludes halogenated alkanes) is 27. The number of carbonyl (C=O) groups excluding carboxylic acids is 2.